The van der Waals surface area contributed by atoms with Crippen molar-refractivity contribution in [3.8, 4) is 0 Å². The molecule has 0 radical (unpaired) electrons. The van der Waals surface area contributed by atoms with Crippen molar-refractivity contribution in [2.24, 2.45) is 0 Å². The van der Waals surface area contributed by atoms with E-state index in [-0.39, 0.29) is 11.7 Å². The number of carbonyl (C=O) groups excluding carboxylic acids is 1. The van der Waals surface area contributed by atoms with E-state index >= 15 is 0 Å². The van der Waals surface area contributed by atoms with Gasteiger partial charge in [-0.3, -0.25) is 4.79 Å². The molecule has 0 bridgehead atoms. The Balaban J connectivity index is 3.03. The van der Waals surface area contributed by atoms with Crippen LogP contribution >= 0.6 is 0 Å². The molecule has 0 fully saturated rings. The van der Waals surface area contributed by atoms with Crippen molar-refractivity contribution < 1.29 is 4.79 Å². The summed E-state index contributed by atoms with van der Waals surface area (Å²) in [6.45, 7) is 3.59. The maximum Gasteiger partial charge on any atom is 0.225 e. The number of nitrogens with zero attached hydrogens (tertiary/aromatic N) is 3. The lowest BCUT2D eigenvalue weighted by atomic mass is 9.98. The van der Waals surface area contributed by atoms with Gasteiger partial charge in [0.25, 0.3) is 0 Å². The zero-order valence-corrected chi connectivity index (χ0v) is 9.69. The number of carbonyl (C=O) groups is 1. The highest BCUT2D eigenvalue weighted by Gasteiger charge is 2.16. The van der Waals surface area contributed by atoms with Crippen LogP contribution in [0.15, 0.2) is 12.3 Å². The molecule has 0 N–H and O–H groups in total. The van der Waals surface area contributed by atoms with Crippen LogP contribution in [0.2, 0.25) is 0 Å². The number of ketones is 1. The average Bonchev–Trinajstić information content (AvgIpc) is 2.18. The highest BCUT2D eigenvalue weighted by molar-refractivity contribution is 5.82. The van der Waals surface area contributed by atoms with E-state index < -0.39 is 0 Å². The first-order valence-electron chi connectivity index (χ1n) is 5.07. The normalized spacial score (nSPS) is 12.3. The van der Waals surface area contributed by atoms with Crippen molar-refractivity contribution in [1.82, 2.24) is 9.97 Å². The molecule has 0 saturated heterocycles. The summed E-state index contributed by atoms with van der Waals surface area (Å²) >= 11 is 0. The molecule has 0 saturated carbocycles. The molecule has 1 unspecified atom stereocenters. The fraction of sp³-hybridized carbons (Fsp3) is 0.545. The molecule has 4 nitrogen and oxygen atoms in total. The monoisotopic (exact) mass is 207 g/mol. The van der Waals surface area contributed by atoms with Gasteiger partial charge in [0.15, 0.2) is 0 Å². The van der Waals surface area contributed by atoms with E-state index in [2.05, 4.69) is 9.97 Å². The molecular weight excluding hydrogens is 190 g/mol. The van der Waals surface area contributed by atoms with Crippen LogP contribution in [-0.4, -0.2) is 29.8 Å². The Hall–Kier alpha value is -1.45. The molecule has 0 aliphatic rings. The first kappa shape index (κ1) is 11.6. The van der Waals surface area contributed by atoms with Crippen LogP contribution in [0.25, 0.3) is 0 Å². The van der Waals surface area contributed by atoms with Crippen molar-refractivity contribution in [3.63, 3.8) is 0 Å². The molecule has 1 aromatic heterocycles. The van der Waals surface area contributed by atoms with Gasteiger partial charge in [-0.15, -0.1) is 0 Å². The minimum Gasteiger partial charge on any atom is -0.347 e. The summed E-state index contributed by atoms with van der Waals surface area (Å²) in [6.07, 6.45) is 2.47. The maximum atomic E-state index is 11.4. The van der Waals surface area contributed by atoms with Gasteiger partial charge in [-0.2, -0.15) is 0 Å². The van der Waals surface area contributed by atoms with E-state index in [0.29, 0.717) is 5.95 Å². The van der Waals surface area contributed by atoms with Crippen molar-refractivity contribution in [3.05, 3.63) is 18.0 Å². The van der Waals surface area contributed by atoms with Crippen LogP contribution in [0.4, 0.5) is 5.95 Å². The van der Waals surface area contributed by atoms with Crippen molar-refractivity contribution in [2.75, 3.05) is 19.0 Å². The highest BCUT2D eigenvalue weighted by Crippen LogP contribution is 2.19. The molecule has 1 heterocycles. The van der Waals surface area contributed by atoms with Gasteiger partial charge in [-0.25, -0.2) is 9.97 Å². The van der Waals surface area contributed by atoms with Gasteiger partial charge in [0, 0.05) is 20.3 Å². The third-order valence-corrected chi connectivity index (χ3v) is 2.32. The predicted molar refractivity (Wildman–Crippen MR) is 60.1 cm³/mol. The van der Waals surface area contributed by atoms with E-state index in [0.717, 1.165) is 12.1 Å². The Labute approximate surface area is 90.3 Å². The highest BCUT2D eigenvalue weighted by atomic mass is 16.1. The second kappa shape index (κ2) is 4.87. The van der Waals surface area contributed by atoms with Crippen molar-refractivity contribution in [2.45, 2.75) is 26.2 Å². The van der Waals surface area contributed by atoms with Crippen LogP contribution < -0.4 is 4.90 Å². The van der Waals surface area contributed by atoms with Crippen molar-refractivity contribution >= 4 is 11.7 Å². The van der Waals surface area contributed by atoms with E-state index in [1.54, 1.807) is 13.1 Å². The van der Waals surface area contributed by atoms with Gasteiger partial charge in [-0.1, -0.05) is 6.92 Å². The zero-order chi connectivity index (χ0) is 11.4. The minimum absolute atomic E-state index is 0.105. The number of Topliss-reactive ketones (excluding diaryl/α,β-unsaturated/α-hetero) is 1. The third-order valence-electron chi connectivity index (χ3n) is 2.32. The van der Waals surface area contributed by atoms with E-state index in [9.17, 15) is 4.79 Å². The number of rotatable bonds is 4. The van der Waals surface area contributed by atoms with Gasteiger partial charge >= 0.3 is 0 Å². The van der Waals surface area contributed by atoms with Crippen LogP contribution in [0.1, 0.15) is 31.9 Å². The molecule has 0 spiro atoms. The van der Waals surface area contributed by atoms with Gasteiger partial charge < -0.3 is 4.90 Å². The zero-order valence-electron chi connectivity index (χ0n) is 9.69. The van der Waals surface area contributed by atoms with Gasteiger partial charge in [-0.05, 0) is 19.4 Å². The van der Waals surface area contributed by atoms with Gasteiger partial charge in [0.1, 0.15) is 5.78 Å². The Bertz CT molecular complexity index is 349. The van der Waals surface area contributed by atoms with Gasteiger partial charge in [0.05, 0.1) is 11.6 Å². The second-order valence-corrected chi connectivity index (χ2v) is 3.75. The molecule has 1 atom stereocenters. The largest absolute Gasteiger partial charge is 0.347 e. The van der Waals surface area contributed by atoms with Crippen LogP contribution in [0.5, 0.6) is 0 Å². The summed E-state index contributed by atoms with van der Waals surface area (Å²) in [4.78, 5) is 21.7. The van der Waals surface area contributed by atoms with Gasteiger partial charge in [0.2, 0.25) is 5.95 Å². The lowest BCUT2D eigenvalue weighted by Gasteiger charge is -2.14. The predicted octanol–water partition coefficient (Wildman–Crippen LogP) is 1.63. The molecule has 0 aromatic carbocycles. The molecular formula is C11H17N3O. The van der Waals surface area contributed by atoms with E-state index in [4.69, 9.17) is 0 Å². The van der Waals surface area contributed by atoms with Crippen molar-refractivity contribution in [1.29, 1.82) is 0 Å². The van der Waals surface area contributed by atoms with Crippen LogP contribution in [0, 0.1) is 0 Å². The number of anilines is 1. The fourth-order valence-corrected chi connectivity index (χ4v) is 1.48. The summed E-state index contributed by atoms with van der Waals surface area (Å²) in [5, 5.41) is 0. The lowest BCUT2D eigenvalue weighted by Crippen LogP contribution is -2.16. The summed E-state index contributed by atoms with van der Waals surface area (Å²) < 4.78 is 0. The quantitative estimate of drug-likeness (QED) is 0.752. The third kappa shape index (κ3) is 2.75. The molecule has 4 heteroatoms. The summed E-state index contributed by atoms with van der Waals surface area (Å²) in [5.74, 6) is 0.694. The maximum absolute atomic E-state index is 11.4. The molecule has 1 rings (SSSR count). The smallest absolute Gasteiger partial charge is 0.225 e. The molecule has 0 aliphatic heterocycles. The van der Waals surface area contributed by atoms with E-state index in [1.807, 2.05) is 32.0 Å². The molecule has 0 aliphatic carbocycles. The Morgan fingerprint density at radius 1 is 1.53 bits per heavy atom. The first-order valence-corrected chi connectivity index (χ1v) is 5.07. The lowest BCUT2D eigenvalue weighted by molar-refractivity contribution is -0.118. The Morgan fingerprint density at radius 2 is 2.20 bits per heavy atom. The topological polar surface area (TPSA) is 46.1 Å². The number of hydrogen-bond acceptors (Lipinski definition) is 4. The SMILES string of the molecule is CCC(C(C)=O)c1ccnc(N(C)C)n1. The fourth-order valence-electron chi connectivity index (χ4n) is 1.48. The van der Waals surface area contributed by atoms with Crippen LogP contribution in [-0.2, 0) is 4.79 Å². The molecule has 1 aromatic rings. The summed E-state index contributed by atoms with van der Waals surface area (Å²) in [6, 6.07) is 1.81. The van der Waals surface area contributed by atoms with E-state index in [1.165, 1.54) is 0 Å². The number of hydrogen-bond donors (Lipinski definition) is 0. The Morgan fingerprint density at radius 3 is 2.67 bits per heavy atom. The standard InChI is InChI=1S/C11H17N3O/c1-5-9(8(2)15)10-6-7-12-11(13-10)14(3)4/h6-7,9H,5H2,1-4H3. The molecule has 82 valence electrons. The first-order chi connectivity index (χ1) is 7.06. The number of aromatic nitrogens is 2. The molecule has 15 heavy (non-hydrogen) atoms. The average molecular weight is 207 g/mol. The summed E-state index contributed by atoms with van der Waals surface area (Å²) in [7, 11) is 3.77. The van der Waals surface area contributed by atoms with Crippen LogP contribution in [0.3, 0.4) is 0 Å². The second-order valence-electron chi connectivity index (χ2n) is 3.75. The summed E-state index contributed by atoms with van der Waals surface area (Å²) in [5.41, 5.74) is 0.809. The molecule has 0 amide bonds. The minimum atomic E-state index is -0.105. The Kier molecular flexibility index (Phi) is 3.77.